The Hall–Kier alpha value is -5.62. The number of carbonyl (C=O) groups is 1. The van der Waals surface area contributed by atoms with E-state index < -0.39 is 53.5 Å². The van der Waals surface area contributed by atoms with Crippen molar-refractivity contribution in [3.63, 3.8) is 0 Å². The summed E-state index contributed by atoms with van der Waals surface area (Å²) in [6.07, 6.45) is 2.59. The van der Waals surface area contributed by atoms with Crippen molar-refractivity contribution in [3.8, 4) is 29.5 Å². The van der Waals surface area contributed by atoms with Gasteiger partial charge in [-0.1, -0.05) is 24.1 Å². The minimum Gasteiger partial charge on any atom is -0.494 e. The molecule has 0 saturated carbocycles. The van der Waals surface area contributed by atoms with Gasteiger partial charge in [0.15, 0.2) is 17.2 Å². The molecule has 0 aliphatic heterocycles. The third-order valence-electron chi connectivity index (χ3n) is 6.98. The predicted octanol–water partition coefficient (Wildman–Crippen LogP) is 4.37. The van der Waals surface area contributed by atoms with Crippen molar-refractivity contribution >= 4 is 22.8 Å². The Labute approximate surface area is 266 Å². The largest absolute Gasteiger partial charge is 0.494 e. The monoisotopic (exact) mass is 653 g/mol. The molecule has 0 saturated heterocycles. The molecule has 0 aliphatic carbocycles. The summed E-state index contributed by atoms with van der Waals surface area (Å²) in [5, 5.41) is 9.50. The van der Waals surface area contributed by atoms with Crippen molar-refractivity contribution in [2.45, 2.75) is 25.7 Å². The van der Waals surface area contributed by atoms with Crippen molar-refractivity contribution in [1.29, 1.82) is 0 Å². The van der Waals surface area contributed by atoms with Crippen molar-refractivity contribution in [3.05, 3.63) is 98.6 Å². The van der Waals surface area contributed by atoms with Crippen LogP contribution in [-0.4, -0.2) is 64.3 Å². The molecule has 2 N–H and O–H groups in total. The molecule has 4 rings (SSSR count). The van der Waals surface area contributed by atoms with Crippen LogP contribution >= 0.6 is 0 Å². The molecule has 0 unspecified atom stereocenters. The van der Waals surface area contributed by atoms with Gasteiger partial charge in [-0.05, 0) is 63.0 Å². The SMILES string of the molecule is C#C/C=C\C=C(/CCn1c(=O)n(-c2cccc(OC)c2F)c(=O)c2c(CN(C)C)n(-c3ccc(NC(=O)NC)cc3)nc21)C(F)(F)F. The van der Waals surface area contributed by atoms with Crippen molar-refractivity contribution in [2.75, 3.05) is 33.6 Å². The Kier molecular flexibility index (Phi) is 10.4. The van der Waals surface area contributed by atoms with Crippen LogP contribution in [0.3, 0.4) is 0 Å². The molecule has 246 valence electrons. The number of aromatic nitrogens is 4. The quantitative estimate of drug-likeness (QED) is 0.149. The molecule has 15 heteroatoms. The molecule has 2 heterocycles. The average molecular weight is 654 g/mol. The number of hydrogen-bond acceptors (Lipinski definition) is 6. The van der Waals surface area contributed by atoms with E-state index in [2.05, 4.69) is 21.7 Å². The zero-order chi connectivity index (χ0) is 34.5. The molecule has 11 nitrogen and oxygen atoms in total. The number of terminal acetylenes is 1. The second-order valence-corrected chi connectivity index (χ2v) is 10.4. The van der Waals surface area contributed by atoms with E-state index in [9.17, 15) is 27.6 Å². The highest BCUT2D eigenvalue weighted by Gasteiger charge is 2.33. The third-order valence-corrected chi connectivity index (χ3v) is 6.98. The van der Waals surface area contributed by atoms with Gasteiger partial charge in [-0.25, -0.2) is 23.2 Å². The number of fused-ring (bicyclic) bond motifs is 1. The molecule has 0 aliphatic rings. The number of nitrogens with one attached hydrogen (secondary N) is 2. The number of ether oxygens (including phenoxy) is 1. The van der Waals surface area contributed by atoms with Gasteiger partial charge in [-0.3, -0.25) is 9.36 Å². The molecule has 2 amide bonds. The number of aryl methyl sites for hydroxylation is 1. The molecule has 0 bridgehead atoms. The van der Waals surface area contributed by atoms with E-state index in [-0.39, 0.29) is 29.0 Å². The third kappa shape index (κ3) is 7.28. The normalized spacial score (nSPS) is 12.1. The summed E-state index contributed by atoms with van der Waals surface area (Å²) in [7, 11) is 6.11. The number of methoxy groups -OCH3 is 1. The molecule has 0 radical (unpaired) electrons. The zero-order valence-corrected chi connectivity index (χ0v) is 25.9. The van der Waals surface area contributed by atoms with Crippen LogP contribution in [0.15, 0.2) is 75.9 Å². The Morgan fingerprint density at radius 2 is 1.85 bits per heavy atom. The average Bonchev–Trinajstić information content (AvgIpc) is 3.39. The first-order chi connectivity index (χ1) is 22.3. The number of allylic oxidation sites excluding steroid dienone is 4. The molecule has 4 aromatic rings. The van der Waals surface area contributed by atoms with Crippen molar-refractivity contribution < 1.29 is 27.1 Å². The number of nitrogens with zero attached hydrogens (tertiary/aromatic N) is 5. The second-order valence-electron chi connectivity index (χ2n) is 10.4. The first-order valence-corrected chi connectivity index (χ1v) is 14.1. The van der Waals surface area contributed by atoms with E-state index in [0.29, 0.717) is 15.9 Å². The van der Waals surface area contributed by atoms with Gasteiger partial charge in [0.2, 0.25) is 0 Å². The summed E-state index contributed by atoms with van der Waals surface area (Å²) in [5.41, 5.74) is -2.57. The number of anilines is 1. The molecule has 0 atom stereocenters. The van der Waals surface area contributed by atoms with Gasteiger partial charge in [0.05, 0.1) is 24.2 Å². The van der Waals surface area contributed by atoms with Crippen molar-refractivity contribution in [2.24, 2.45) is 0 Å². The lowest BCUT2D eigenvalue weighted by molar-refractivity contribution is -0.0943. The van der Waals surface area contributed by atoms with Gasteiger partial charge in [0.25, 0.3) is 5.56 Å². The van der Waals surface area contributed by atoms with Crippen LogP contribution < -0.4 is 26.6 Å². The maximum Gasteiger partial charge on any atom is 0.412 e. The lowest BCUT2D eigenvalue weighted by Crippen LogP contribution is -2.40. The Morgan fingerprint density at radius 1 is 1.15 bits per heavy atom. The van der Waals surface area contributed by atoms with E-state index in [1.54, 1.807) is 43.3 Å². The lowest BCUT2D eigenvalue weighted by atomic mass is 10.1. The molecule has 0 spiro atoms. The van der Waals surface area contributed by atoms with Gasteiger partial charge in [-0.15, -0.1) is 11.5 Å². The number of amides is 2. The zero-order valence-electron chi connectivity index (χ0n) is 25.9. The van der Waals surface area contributed by atoms with Gasteiger partial charge < -0.3 is 20.3 Å². The smallest absolute Gasteiger partial charge is 0.412 e. The second kappa shape index (κ2) is 14.2. The first kappa shape index (κ1) is 34.3. The number of hydrogen-bond donors (Lipinski definition) is 2. The number of urea groups is 1. The van der Waals surface area contributed by atoms with Crippen LogP contribution in [0.5, 0.6) is 5.75 Å². The van der Waals surface area contributed by atoms with E-state index in [1.165, 1.54) is 37.0 Å². The van der Waals surface area contributed by atoms with Crippen molar-refractivity contribution in [1.82, 2.24) is 29.1 Å². The van der Waals surface area contributed by atoms with Gasteiger partial charge in [0.1, 0.15) is 5.39 Å². The van der Waals surface area contributed by atoms with E-state index in [4.69, 9.17) is 11.2 Å². The lowest BCUT2D eigenvalue weighted by Gasteiger charge is -2.16. The predicted molar refractivity (Wildman–Crippen MR) is 170 cm³/mol. The van der Waals surface area contributed by atoms with Crippen LogP contribution in [0.2, 0.25) is 0 Å². The van der Waals surface area contributed by atoms with Crippen LogP contribution in [0.4, 0.5) is 28.0 Å². The molecule has 0 fully saturated rings. The van der Waals surface area contributed by atoms with Gasteiger partial charge in [0, 0.05) is 31.4 Å². The Balaban J connectivity index is 2.05. The summed E-state index contributed by atoms with van der Waals surface area (Å²) < 4.78 is 65.3. The summed E-state index contributed by atoms with van der Waals surface area (Å²) in [5.74, 6) is 0.842. The standard InChI is InChI=1S/C32H31F4N7O4/c1-6-7-8-10-20(32(34,35)36)17-18-41-28-26(29(44)42(31(41)46)23-11-9-12-25(47-5)27(23)33)24(19-40(3)4)43(39-28)22-15-13-21(14-16-22)38-30(45)37-2/h1,7-16H,17-19H2,2-5H3,(H2,37,38,45)/b8-7-,20-10+. The summed E-state index contributed by atoms with van der Waals surface area (Å²) >= 11 is 0. The number of halogens is 4. The Morgan fingerprint density at radius 3 is 2.45 bits per heavy atom. The number of benzene rings is 2. The Bertz CT molecular complexity index is 2010. The highest BCUT2D eigenvalue weighted by molar-refractivity contribution is 5.89. The maximum absolute atomic E-state index is 15.6. The topological polar surface area (TPSA) is 115 Å². The number of alkyl halides is 3. The summed E-state index contributed by atoms with van der Waals surface area (Å²) in [4.78, 5) is 41.7. The fourth-order valence-corrected chi connectivity index (χ4v) is 4.81. The number of rotatable bonds is 10. The number of carbonyl (C=O) groups excluding carboxylic acids is 1. The van der Waals surface area contributed by atoms with E-state index >= 15 is 4.39 Å². The van der Waals surface area contributed by atoms with Gasteiger partial charge >= 0.3 is 17.9 Å². The summed E-state index contributed by atoms with van der Waals surface area (Å²) in [6, 6.07) is 9.77. The highest BCUT2D eigenvalue weighted by atomic mass is 19.4. The highest BCUT2D eigenvalue weighted by Crippen LogP contribution is 2.30. The van der Waals surface area contributed by atoms with E-state index in [1.807, 2.05) is 0 Å². The summed E-state index contributed by atoms with van der Waals surface area (Å²) in [6.45, 7) is -0.489. The molecule has 47 heavy (non-hydrogen) atoms. The van der Waals surface area contributed by atoms with Crippen LogP contribution in [0.1, 0.15) is 12.1 Å². The minimum atomic E-state index is -4.77. The minimum absolute atomic E-state index is 0.0906. The molecule has 2 aromatic carbocycles. The van der Waals surface area contributed by atoms with E-state index in [0.717, 1.165) is 22.8 Å². The van der Waals surface area contributed by atoms with Gasteiger partial charge in [-0.2, -0.15) is 13.2 Å². The molecule has 2 aromatic heterocycles. The van der Waals surface area contributed by atoms with Crippen LogP contribution in [0, 0.1) is 18.2 Å². The van der Waals surface area contributed by atoms with Crippen LogP contribution in [0.25, 0.3) is 22.4 Å². The van der Waals surface area contributed by atoms with Crippen LogP contribution in [-0.2, 0) is 13.1 Å². The molecular weight excluding hydrogens is 622 g/mol. The maximum atomic E-state index is 15.6. The fraction of sp³-hybridized carbons (Fsp3) is 0.250. The molecular formula is C32H31F4N7O4. The fourth-order valence-electron chi connectivity index (χ4n) is 4.81. The first-order valence-electron chi connectivity index (χ1n) is 14.1.